The number of benzene rings is 4. The molecule has 4 aromatic carbocycles. The van der Waals surface area contributed by atoms with Gasteiger partial charge in [0.05, 0.1) is 12.8 Å². The smallest absolute Gasteiger partial charge is 0.307 e. The van der Waals surface area contributed by atoms with Gasteiger partial charge in [0.25, 0.3) is 0 Å². The van der Waals surface area contributed by atoms with Crippen LogP contribution in [0.1, 0.15) is 28.6 Å². The average Bonchev–Trinajstić information content (AvgIpc) is 3.35. The van der Waals surface area contributed by atoms with Gasteiger partial charge in [-0.15, -0.1) is 0 Å². The van der Waals surface area contributed by atoms with Gasteiger partial charge in [0, 0.05) is 10.4 Å². The highest BCUT2D eigenvalue weighted by atomic mass is 35.5. The molecule has 0 aliphatic carbocycles. The SMILES string of the molecule is CCOc1cc(/C=N/NC(=O)c2cc3c(ccc4ccccc43)o2)ccc1OCc1ccc(Cl)cc1. The maximum atomic E-state index is 12.6. The zero-order chi connectivity index (χ0) is 24.9. The van der Waals surface area contributed by atoms with Crippen LogP contribution in [-0.4, -0.2) is 18.7 Å². The topological polar surface area (TPSA) is 73.1 Å². The zero-order valence-electron chi connectivity index (χ0n) is 19.5. The summed E-state index contributed by atoms with van der Waals surface area (Å²) >= 11 is 5.94. The number of nitrogens with one attached hydrogen (secondary N) is 1. The Hall–Kier alpha value is -4.29. The number of carbonyl (C=O) groups is 1. The van der Waals surface area contributed by atoms with Crippen molar-refractivity contribution < 1.29 is 18.7 Å². The summed E-state index contributed by atoms with van der Waals surface area (Å²) in [5.41, 5.74) is 4.92. The minimum absolute atomic E-state index is 0.194. The van der Waals surface area contributed by atoms with E-state index in [9.17, 15) is 4.79 Å². The van der Waals surface area contributed by atoms with Crippen molar-refractivity contribution in [3.05, 3.63) is 107 Å². The molecule has 0 spiro atoms. The van der Waals surface area contributed by atoms with Gasteiger partial charge in [-0.05, 0) is 71.3 Å². The van der Waals surface area contributed by atoms with Gasteiger partial charge in [-0.3, -0.25) is 4.79 Å². The van der Waals surface area contributed by atoms with Gasteiger partial charge in [-0.2, -0.15) is 5.10 Å². The Morgan fingerprint density at radius 3 is 2.61 bits per heavy atom. The van der Waals surface area contributed by atoms with Crippen molar-refractivity contribution >= 4 is 45.5 Å². The number of amides is 1. The van der Waals surface area contributed by atoms with Gasteiger partial charge in [0.2, 0.25) is 0 Å². The van der Waals surface area contributed by atoms with E-state index in [2.05, 4.69) is 10.5 Å². The third-order valence-electron chi connectivity index (χ3n) is 5.60. The molecule has 1 amide bonds. The molecule has 0 saturated carbocycles. The standard InChI is InChI=1S/C29H23ClN2O4/c1-2-34-27-15-20(9-13-26(27)35-18-19-7-11-22(30)12-8-19)17-31-32-29(33)28-16-24-23-6-4-3-5-21(23)10-14-25(24)36-28/h3-17H,2,18H2,1H3,(H,32,33)/b31-17+. The van der Waals surface area contributed by atoms with E-state index in [0.717, 1.165) is 27.3 Å². The Morgan fingerprint density at radius 2 is 1.78 bits per heavy atom. The molecule has 7 heteroatoms. The maximum Gasteiger partial charge on any atom is 0.307 e. The highest BCUT2D eigenvalue weighted by molar-refractivity contribution is 6.30. The third kappa shape index (κ3) is 5.19. The summed E-state index contributed by atoms with van der Waals surface area (Å²) in [6.07, 6.45) is 1.54. The van der Waals surface area contributed by atoms with Crippen LogP contribution in [0.15, 0.2) is 94.4 Å². The number of fused-ring (bicyclic) bond motifs is 3. The molecule has 0 atom stereocenters. The van der Waals surface area contributed by atoms with Crippen LogP contribution in [0.4, 0.5) is 0 Å². The fourth-order valence-electron chi connectivity index (χ4n) is 3.86. The van der Waals surface area contributed by atoms with Crippen LogP contribution in [0.3, 0.4) is 0 Å². The molecule has 6 nitrogen and oxygen atoms in total. The van der Waals surface area contributed by atoms with Gasteiger partial charge in [0.1, 0.15) is 12.2 Å². The minimum Gasteiger partial charge on any atom is -0.490 e. The van der Waals surface area contributed by atoms with Crippen molar-refractivity contribution in [2.24, 2.45) is 5.10 Å². The van der Waals surface area contributed by atoms with Gasteiger partial charge in [-0.1, -0.05) is 54.1 Å². The molecule has 180 valence electrons. The lowest BCUT2D eigenvalue weighted by Gasteiger charge is -2.12. The van der Waals surface area contributed by atoms with E-state index in [1.54, 1.807) is 12.3 Å². The monoisotopic (exact) mass is 498 g/mol. The van der Waals surface area contributed by atoms with Crippen molar-refractivity contribution in [1.29, 1.82) is 0 Å². The number of ether oxygens (including phenoxy) is 2. The van der Waals surface area contributed by atoms with Crippen LogP contribution in [-0.2, 0) is 6.61 Å². The fourth-order valence-corrected chi connectivity index (χ4v) is 3.99. The van der Waals surface area contributed by atoms with Gasteiger partial charge < -0.3 is 13.9 Å². The van der Waals surface area contributed by atoms with E-state index in [-0.39, 0.29) is 5.76 Å². The van der Waals surface area contributed by atoms with E-state index < -0.39 is 5.91 Å². The fraction of sp³-hybridized carbons (Fsp3) is 0.103. The molecule has 5 aromatic rings. The molecule has 0 aliphatic heterocycles. The summed E-state index contributed by atoms with van der Waals surface area (Å²) in [6, 6.07) is 26.5. The molecule has 5 rings (SSSR count). The number of nitrogens with zero attached hydrogens (tertiary/aromatic N) is 1. The lowest BCUT2D eigenvalue weighted by molar-refractivity contribution is 0.0929. The molecule has 0 radical (unpaired) electrons. The number of furan rings is 1. The Kier molecular flexibility index (Phi) is 6.87. The second-order valence-electron chi connectivity index (χ2n) is 8.06. The van der Waals surface area contributed by atoms with Gasteiger partial charge >= 0.3 is 5.91 Å². The van der Waals surface area contributed by atoms with Crippen LogP contribution < -0.4 is 14.9 Å². The molecule has 1 aromatic heterocycles. The third-order valence-corrected chi connectivity index (χ3v) is 5.86. The maximum absolute atomic E-state index is 12.6. The van der Waals surface area contributed by atoms with Gasteiger partial charge in [0.15, 0.2) is 17.3 Å². The second-order valence-corrected chi connectivity index (χ2v) is 8.50. The molecule has 0 aliphatic rings. The lowest BCUT2D eigenvalue weighted by Crippen LogP contribution is -2.16. The lowest BCUT2D eigenvalue weighted by atomic mass is 10.1. The Labute approximate surface area is 213 Å². The second kappa shape index (κ2) is 10.5. The van der Waals surface area contributed by atoms with Crippen molar-refractivity contribution in [3.63, 3.8) is 0 Å². The average molecular weight is 499 g/mol. The van der Waals surface area contributed by atoms with Crippen molar-refractivity contribution in [1.82, 2.24) is 5.43 Å². The summed E-state index contributed by atoms with van der Waals surface area (Å²) < 4.78 is 17.4. The predicted octanol–water partition coefficient (Wildman–Crippen LogP) is 6.98. The predicted molar refractivity (Wildman–Crippen MR) is 142 cm³/mol. The first-order chi connectivity index (χ1) is 17.6. The first kappa shape index (κ1) is 23.5. The van der Waals surface area contributed by atoms with E-state index >= 15 is 0 Å². The first-order valence-corrected chi connectivity index (χ1v) is 11.9. The molecule has 36 heavy (non-hydrogen) atoms. The number of rotatable bonds is 8. The molecule has 0 saturated heterocycles. The van der Waals surface area contributed by atoms with Crippen LogP contribution in [0.25, 0.3) is 21.7 Å². The molecule has 0 fully saturated rings. The quantitative estimate of drug-likeness (QED) is 0.185. The number of hydrogen-bond donors (Lipinski definition) is 1. The summed E-state index contributed by atoms with van der Waals surface area (Å²) in [6.45, 7) is 2.77. The molecule has 1 heterocycles. The normalized spacial score (nSPS) is 11.3. The Morgan fingerprint density at radius 1 is 0.944 bits per heavy atom. The number of hydrogen-bond acceptors (Lipinski definition) is 5. The zero-order valence-corrected chi connectivity index (χ0v) is 20.3. The molecule has 0 bridgehead atoms. The van der Waals surface area contributed by atoms with Crippen LogP contribution in [0, 0.1) is 0 Å². The highest BCUT2D eigenvalue weighted by Gasteiger charge is 2.13. The first-order valence-electron chi connectivity index (χ1n) is 11.5. The van der Waals surface area contributed by atoms with E-state index in [4.69, 9.17) is 25.5 Å². The highest BCUT2D eigenvalue weighted by Crippen LogP contribution is 2.30. The Balaban J connectivity index is 1.27. The van der Waals surface area contributed by atoms with Crippen LogP contribution >= 0.6 is 11.6 Å². The van der Waals surface area contributed by atoms with E-state index in [1.807, 2.05) is 85.8 Å². The van der Waals surface area contributed by atoms with Crippen molar-refractivity contribution in [2.45, 2.75) is 13.5 Å². The summed E-state index contributed by atoms with van der Waals surface area (Å²) in [5, 5.41) is 7.77. The molecular weight excluding hydrogens is 476 g/mol. The van der Waals surface area contributed by atoms with Crippen molar-refractivity contribution in [3.8, 4) is 11.5 Å². The summed E-state index contributed by atoms with van der Waals surface area (Å²) in [7, 11) is 0. The van der Waals surface area contributed by atoms with E-state index in [0.29, 0.717) is 35.3 Å². The number of halogens is 1. The largest absolute Gasteiger partial charge is 0.490 e. The number of carbonyl (C=O) groups excluding carboxylic acids is 1. The van der Waals surface area contributed by atoms with Crippen LogP contribution in [0.5, 0.6) is 11.5 Å². The molecular formula is C29H23ClN2O4. The Bertz CT molecular complexity index is 1560. The summed E-state index contributed by atoms with van der Waals surface area (Å²) in [5.74, 6) is 0.965. The van der Waals surface area contributed by atoms with E-state index in [1.165, 1.54) is 0 Å². The van der Waals surface area contributed by atoms with Crippen molar-refractivity contribution in [2.75, 3.05) is 6.61 Å². The molecule has 1 N–H and O–H groups in total. The summed E-state index contributed by atoms with van der Waals surface area (Å²) in [4.78, 5) is 12.6. The number of hydrazone groups is 1. The van der Waals surface area contributed by atoms with Crippen LogP contribution in [0.2, 0.25) is 5.02 Å². The minimum atomic E-state index is -0.431. The van der Waals surface area contributed by atoms with Gasteiger partial charge in [-0.25, -0.2) is 5.43 Å². The molecule has 0 unspecified atom stereocenters.